The lowest BCUT2D eigenvalue weighted by Crippen LogP contribution is -2.42. The summed E-state index contributed by atoms with van der Waals surface area (Å²) in [6, 6.07) is 15.4. The van der Waals surface area contributed by atoms with E-state index in [9.17, 15) is 13.2 Å². The van der Waals surface area contributed by atoms with E-state index in [2.05, 4.69) is 5.10 Å². The van der Waals surface area contributed by atoms with Crippen molar-refractivity contribution in [3.05, 3.63) is 78.1 Å². The summed E-state index contributed by atoms with van der Waals surface area (Å²) in [6.45, 7) is 0.179. The quantitative estimate of drug-likeness (QED) is 0.725. The fourth-order valence-corrected chi connectivity index (χ4v) is 4.80. The number of carbonyl (C=O) groups is 1. The maximum Gasteiger partial charge on any atom is 0.406 e. The zero-order valence-electron chi connectivity index (χ0n) is 14.8. The van der Waals surface area contributed by atoms with Crippen molar-refractivity contribution in [1.82, 2.24) is 14.1 Å². The molecule has 2 aromatic carbocycles. The van der Waals surface area contributed by atoms with Crippen LogP contribution in [0.5, 0.6) is 0 Å². The zero-order chi connectivity index (χ0) is 19.7. The minimum absolute atomic E-state index is 0.0980. The van der Waals surface area contributed by atoms with Crippen molar-refractivity contribution in [2.24, 2.45) is 5.73 Å². The van der Waals surface area contributed by atoms with Crippen molar-refractivity contribution in [3.63, 3.8) is 0 Å². The molecule has 144 valence electrons. The minimum Gasteiger partial charge on any atom is -0.425 e. The highest BCUT2D eigenvalue weighted by Gasteiger charge is 2.38. The van der Waals surface area contributed by atoms with Crippen LogP contribution in [0.2, 0.25) is 0 Å². The van der Waals surface area contributed by atoms with E-state index in [4.69, 9.17) is 10.5 Å². The summed E-state index contributed by atoms with van der Waals surface area (Å²) in [4.78, 5) is 11.5. The molecule has 1 aliphatic rings. The molecule has 0 bridgehead atoms. The Balaban J connectivity index is 1.70. The van der Waals surface area contributed by atoms with Crippen LogP contribution in [0.1, 0.15) is 17.4 Å². The Morgan fingerprint density at radius 2 is 1.86 bits per heavy atom. The first-order valence-electron chi connectivity index (χ1n) is 8.62. The fourth-order valence-electron chi connectivity index (χ4n) is 3.31. The Labute approximate surface area is 162 Å². The van der Waals surface area contributed by atoms with Crippen molar-refractivity contribution in [2.75, 3.05) is 6.54 Å². The second kappa shape index (κ2) is 7.10. The van der Waals surface area contributed by atoms with Crippen molar-refractivity contribution >= 4 is 16.1 Å². The van der Waals surface area contributed by atoms with Gasteiger partial charge in [0.05, 0.1) is 10.6 Å². The standard InChI is InChI=1S/C19H18N4O4S/c20-19(24)27-18-17-5-2-1-4-14(17)10-13-23(18)28(25,26)16-8-6-15(7-9-16)22-12-3-11-21-22/h1-9,11-12,18H,10,13H2,(H2,20,24). The van der Waals surface area contributed by atoms with Crippen LogP contribution in [0.3, 0.4) is 0 Å². The van der Waals surface area contributed by atoms with Gasteiger partial charge in [-0.15, -0.1) is 0 Å². The van der Waals surface area contributed by atoms with Crippen LogP contribution in [-0.4, -0.2) is 35.1 Å². The molecule has 8 nitrogen and oxygen atoms in total. The SMILES string of the molecule is NC(=O)OC1c2ccccc2CCN1S(=O)(=O)c1ccc(-n2cccn2)cc1. The summed E-state index contributed by atoms with van der Waals surface area (Å²) in [5.41, 5.74) is 7.48. The van der Waals surface area contributed by atoms with E-state index in [-0.39, 0.29) is 11.4 Å². The lowest BCUT2D eigenvalue weighted by Gasteiger charge is -2.35. The number of nitrogens with zero attached hydrogens (tertiary/aromatic N) is 3. The van der Waals surface area contributed by atoms with Gasteiger partial charge in [0.2, 0.25) is 10.0 Å². The second-order valence-corrected chi connectivity index (χ2v) is 8.19. The monoisotopic (exact) mass is 398 g/mol. The summed E-state index contributed by atoms with van der Waals surface area (Å²) < 4.78 is 34.5. The number of ether oxygens (including phenoxy) is 1. The van der Waals surface area contributed by atoms with Gasteiger partial charge < -0.3 is 10.5 Å². The summed E-state index contributed by atoms with van der Waals surface area (Å²) in [5.74, 6) is 0. The smallest absolute Gasteiger partial charge is 0.406 e. The first kappa shape index (κ1) is 18.2. The average Bonchev–Trinajstić information content (AvgIpc) is 3.22. The van der Waals surface area contributed by atoms with Crippen LogP contribution < -0.4 is 5.73 Å². The molecular formula is C19H18N4O4S. The molecule has 1 aliphatic heterocycles. The molecule has 2 heterocycles. The number of benzene rings is 2. The Bertz CT molecular complexity index is 1100. The molecule has 0 aliphatic carbocycles. The van der Waals surface area contributed by atoms with E-state index < -0.39 is 22.3 Å². The predicted molar refractivity (Wildman–Crippen MR) is 101 cm³/mol. The number of aromatic nitrogens is 2. The lowest BCUT2D eigenvalue weighted by molar-refractivity contribution is 0.0295. The van der Waals surface area contributed by atoms with Gasteiger partial charge >= 0.3 is 6.09 Å². The summed E-state index contributed by atoms with van der Waals surface area (Å²) in [6.07, 6.45) is 1.79. The Kier molecular flexibility index (Phi) is 4.62. The van der Waals surface area contributed by atoms with Crippen molar-refractivity contribution in [3.8, 4) is 5.69 Å². The third-order valence-electron chi connectivity index (χ3n) is 4.62. The number of hydrogen-bond acceptors (Lipinski definition) is 5. The van der Waals surface area contributed by atoms with Crippen LogP contribution in [0.4, 0.5) is 4.79 Å². The highest BCUT2D eigenvalue weighted by atomic mass is 32.2. The van der Waals surface area contributed by atoms with Gasteiger partial charge in [-0.2, -0.15) is 9.40 Å². The normalized spacial score (nSPS) is 17.1. The molecule has 1 aromatic heterocycles. The van der Waals surface area contributed by atoms with Gasteiger partial charge in [0.15, 0.2) is 6.23 Å². The lowest BCUT2D eigenvalue weighted by atomic mass is 10.00. The molecule has 0 spiro atoms. The molecule has 0 saturated heterocycles. The van der Waals surface area contributed by atoms with E-state index in [1.54, 1.807) is 47.4 Å². The van der Waals surface area contributed by atoms with Gasteiger partial charge in [0.25, 0.3) is 0 Å². The molecule has 1 unspecified atom stereocenters. The average molecular weight is 398 g/mol. The van der Waals surface area contributed by atoms with Gasteiger partial charge in [-0.25, -0.2) is 17.9 Å². The highest BCUT2D eigenvalue weighted by Crippen LogP contribution is 2.35. The largest absolute Gasteiger partial charge is 0.425 e. The number of nitrogens with two attached hydrogens (primary N) is 1. The van der Waals surface area contributed by atoms with E-state index in [0.717, 1.165) is 11.3 Å². The maximum absolute atomic E-state index is 13.3. The summed E-state index contributed by atoms with van der Waals surface area (Å²) >= 11 is 0. The Morgan fingerprint density at radius 1 is 1.11 bits per heavy atom. The second-order valence-electron chi connectivity index (χ2n) is 6.30. The molecule has 0 radical (unpaired) electrons. The topological polar surface area (TPSA) is 108 Å². The number of carbonyl (C=O) groups excluding carboxylic acids is 1. The minimum atomic E-state index is -3.91. The van der Waals surface area contributed by atoms with Crippen molar-refractivity contribution in [1.29, 1.82) is 0 Å². The highest BCUT2D eigenvalue weighted by molar-refractivity contribution is 7.89. The third kappa shape index (κ3) is 3.25. The molecule has 28 heavy (non-hydrogen) atoms. The number of rotatable bonds is 4. The number of sulfonamides is 1. The molecule has 4 rings (SSSR count). The molecule has 2 N–H and O–H groups in total. The Morgan fingerprint density at radius 3 is 2.54 bits per heavy atom. The van der Waals surface area contributed by atoms with Gasteiger partial charge in [-0.1, -0.05) is 24.3 Å². The summed E-state index contributed by atoms with van der Waals surface area (Å²) in [5, 5.41) is 4.12. The maximum atomic E-state index is 13.3. The Hall–Kier alpha value is -3.17. The first-order chi connectivity index (χ1) is 13.5. The first-order valence-corrected chi connectivity index (χ1v) is 10.1. The van der Waals surface area contributed by atoms with Gasteiger partial charge in [0, 0.05) is 24.5 Å². The van der Waals surface area contributed by atoms with Crippen LogP contribution in [0.25, 0.3) is 5.69 Å². The van der Waals surface area contributed by atoms with E-state index >= 15 is 0 Å². The van der Waals surface area contributed by atoms with Crippen molar-refractivity contribution < 1.29 is 17.9 Å². The van der Waals surface area contributed by atoms with Crippen LogP contribution in [0, 0.1) is 0 Å². The molecule has 1 atom stereocenters. The van der Waals surface area contributed by atoms with E-state index in [1.165, 1.54) is 16.4 Å². The van der Waals surface area contributed by atoms with Crippen LogP contribution >= 0.6 is 0 Å². The van der Waals surface area contributed by atoms with E-state index in [0.29, 0.717) is 12.0 Å². The zero-order valence-corrected chi connectivity index (χ0v) is 15.6. The number of fused-ring (bicyclic) bond motifs is 1. The van der Waals surface area contributed by atoms with Crippen LogP contribution in [-0.2, 0) is 21.2 Å². The van der Waals surface area contributed by atoms with Gasteiger partial charge in [-0.05, 0) is 42.3 Å². The molecule has 9 heteroatoms. The number of hydrogen-bond donors (Lipinski definition) is 1. The van der Waals surface area contributed by atoms with Gasteiger partial charge in [-0.3, -0.25) is 0 Å². The third-order valence-corrected chi connectivity index (χ3v) is 6.48. The molecule has 0 saturated carbocycles. The molecular weight excluding hydrogens is 380 g/mol. The summed E-state index contributed by atoms with van der Waals surface area (Å²) in [7, 11) is -3.91. The van der Waals surface area contributed by atoms with E-state index in [1.807, 2.05) is 12.1 Å². The molecule has 3 aromatic rings. The van der Waals surface area contributed by atoms with Crippen molar-refractivity contribution in [2.45, 2.75) is 17.5 Å². The molecule has 1 amide bonds. The van der Waals surface area contributed by atoms with Gasteiger partial charge in [0.1, 0.15) is 0 Å². The molecule has 0 fully saturated rings. The number of amides is 1. The number of primary amides is 1. The van der Waals surface area contributed by atoms with Crippen LogP contribution in [0.15, 0.2) is 71.9 Å². The fraction of sp³-hybridized carbons (Fsp3) is 0.158. The predicted octanol–water partition coefficient (Wildman–Crippen LogP) is 2.21.